The quantitative estimate of drug-likeness (QED) is 0.342. The summed E-state index contributed by atoms with van der Waals surface area (Å²) in [6, 6.07) is 0. The molecular weight excluding hydrogens is 192 g/mol. The minimum atomic E-state index is -0.0996. The summed E-state index contributed by atoms with van der Waals surface area (Å²) in [5, 5.41) is 2.73. The van der Waals surface area contributed by atoms with Crippen molar-refractivity contribution < 1.29 is 9.53 Å². The molecule has 86 valence electrons. The third kappa shape index (κ3) is 7.11. The lowest BCUT2D eigenvalue weighted by Crippen LogP contribution is -2.22. The standard InChI is InChI=1S/C11H20N2O2/c1-2-11(14)12-5-3-4-9-15-10-8-13-6-7-13/h2H,1,3-10H2,(H,12,14). The van der Waals surface area contributed by atoms with Crippen molar-refractivity contribution >= 4 is 5.91 Å². The number of ether oxygens (including phenoxy) is 1. The van der Waals surface area contributed by atoms with E-state index in [1.807, 2.05) is 0 Å². The Morgan fingerprint density at radius 2 is 2.20 bits per heavy atom. The first-order valence-electron chi connectivity index (χ1n) is 5.53. The molecule has 0 saturated carbocycles. The Balaban J connectivity index is 1.72. The first kappa shape index (κ1) is 12.2. The van der Waals surface area contributed by atoms with Gasteiger partial charge in [0.15, 0.2) is 0 Å². The summed E-state index contributed by atoms with van der Waals surface area (Å²) in [6.45, 7) is 9.24. The highest BCUT2D eigenvalue weighted by Crippen LogP contribution is 2.01. The molecule has 0 unspecified atom stereocenters. The molecule has 0 aromatic rings. The molecular formula is C11H20N2O2. The maximum absolute atomic E-state index is 10.8. The van der Waals surface area contributed by atoms with Gasteiger partial charge in [-0.25, -0.2) is 0 Å². The SMILES string of the molecule is C=CC(=O)NCCCCOCCN1CC1. The number of hydrogen-bond donors (Lipinski definition) is 1. The number of carbonyl (C=O) groups is 1. The van der Waals surface area contributed by atoms with Crippen LogP contribution in [-0.4, -0.2) is 50.2 Å². The normalized spacial score (nSPS) is 14.9. The van der Waals surface area contributed by atoms with E-state index in [0.29, 0.717) is 6.54 Å². The Morgan fingerprint density at radius 3 is 2.87 bits per heavy atom. The molecule has 15 heavy (non-hydrogen) atoms. The molecule has 1 N–H and O–H groups in total. The van der Waals surface area contributed by atoms with Crippen molar-refractivity contribution in [1.82, 2.24) is 10.2 Å². The molecule has 1 saturated heterocycles. The van der Waals surface area contributed by atoms with E-state index in [4.69, 9.17) is 4.74 Å². The summed E-state index contributed by atoms with van der Waals surface area (Å²) >= 11 is 0. The Kier molecular flexibility index (Phi) is 6.04. The molecule has 0 radical (unpaired) electrons. The van der Waals surface area contributed by atoms with Crippen LogP contribution < -0.4 is 5.32 Å². The van der Waals surface area contributed by atoms with E-state index in [1.54, 1.807) is 0 Å². The van der Waals surface area contributed by atoms with E-state index in [2.05, 4.69) is 16.8 Å². The minimum absolute atomic E-state index is 0.0996. The molecule has 1 fully saturated rings. The molecule has 1 aliphatic rings. The predicted molar refractivity (Wildman–Crippen MR) is 59.7 cm³/mol. The average molecular weight is 212 g/mol. The van der Waals surface area contributed by atoms with Crippen molar-refractivity contribution in [1.29, 1.82) is 0 Å². The summed E-state index contributed by atoms with van der Waals surface area (Å²) in [5.41, 5.74) is 0. The highest BCUT2D eigenvalue weighted by molar-refractivity contribution is 5.86. The van der Waals surface area contributed by atoms with Crippen molar-refractivity contribution in [2.45, 2.75) is 12.8 Å². The summed E-state index contributed by atoms with van der Waals surface area (Å²) in [5.74, 6) is -0.0996. The third-order valence-corrected chi connectivity index (χ3v) is 2.29. The lowest BCUT2D eigenvalue weighted by molar-refractivity contribution is -0.116. The number of unbranched alkanes of at least 4 members (excludes halogenated alkanes) is 1. The van der Waals surface area contributed by atoms with Crippen molar-refractivity contribution in [3.63, 3.8) is 0 Å². The highest BCUT2D eigenvalue weighted by Gasteiger charge is 2.15. The second kappa shape index (κ2) is 7.43. The number of nitrogens with zero attached hydrogens (tertiary/aromatic N) is 1. The lowest BCUT2D eigenvalue weighted by Gasteiger charge is -2.04. The van der Waals surface area contributed by atoms with Gasteiger partial charge in [-0.2, -0.15) is 0 Å². The summed E-state index contributed by atoms with van der Waals surface area (Å²) < 4.78 is 5.44. The van der Waals surface area contributed by atoms with E-state index in [0.717, 1.165) is 32.6 Å². The topological polar surface area (TPSA) is 41.3 Å². The van der Waals surface area contributed by atoms with Gasteiger partial charge in [0.2, 0.25) is 5.91 Å². The Hall–Kier alpha value is -0.870. The minimum Gasteiger partial charge on any atom is -0.380 e. The molecule has 0 bridgehead atoms. The summed E-state index contributed by atoms with van der Waals surface area (Å²) in [4.78, 5) is 13.1. The van der Waals surface area contributed by atoms with Crippen LogP contribution in [0.15, 0.2) is 12.7 Å². The van der Waals surface area contributed by atoms with Gasteiger partial charge in [-0.1, -0.05) is 6.58 Å². The van der Waals surface area contributed by atoms with Gasteiger partial charge in [-0.15, -0.1) is 0 Å². The monoisotopic (exact) mass is 212 g/mol. The second-order valence-electron chi connectivity index (χ2n) is 3.66. The smallest absolute Gasteiger partial charge is 0.243 e. The number of rotatable bonds is 9. The van der Waals surface area contributed by atoms with Crippen LogP contribution in [0.5, 0.6) is 0 Å². The first-order valence-corrected chi connectivity index (χ1v) is 5.53. The van der Waals surface area contributed by atoms with Gasteiger partial charge < -0.3 is 10.1 Å². The van der Waals surface area contributed by atoms with Crippen LogP contribution in [0.3, 0.4) is 0 Å². The molecule has 0 spiro atoms. The maximum Gasteiger partial charge on any atom is 0.243 e. The molecule has 4 heteroatoms. The average Bonchev–Trinajstić information content (AvgIpc) is 3.05. The fourth-order valence-electron chi connectivity index (χ4n) is 1.20. The van der Waals surface area contributed by atoms with Crippen molar-refractivity contribution in [2.24, 2.45) is 0 Å². The zero-order valence-corrected chi connectivity index (χ0v) is 9.21. The fourth-order valence-corrected chi connectivity index (χ4v) is 1.20. The van der Waals surface area contributed by atoms with E-state index in [9.17, 15) is 4.79 Å². The van der Waals surface area contributed by atoms with Crippen molar-refractivity contribution in [3.05, 3.63) is 12.7 Å². The van der Waals surface area contributed by atoms with E-state index in [1.165, 1.54) is 19.2 Å². The van der Waals surface area contributed by atoms with Crippen LogP contribution in [0.2, 0.25) is 0 Å². The molecule has 0 aromatic heterocycles. The van der Waals surface area contributed by atoms with Gasteiger partial charge in [0.1, 0.15) is 0 Å². The Bertz CT molecular complexity index is 203. The van der Waals surface area contributed by atoms with Gasteiger partial charge in [0, 0.05) is 32.8 Å². The van der Waals surface area contributed by atoms with Crippen LogP contribution in [0, 0.1) is 0 Å². The summed E-state index contributed by atoms with van der Waals surface area (Å²) in [6.07, 6.45) is 3.25. The van der Waals surface area contributed by atoms with Crippen molar-refractivity contribution in [3.8, 4) is 0 Å². The molecule has 0 aliphatic carbocycles. The number of carbonyl (C=O) groups excluding carboxylic acids is 1. The van der Waals surface area contributed by atoms with E-state index in [-0.39, 0.29) is 5.91 Å². The molecule has 0 atom stereocenters. The molecule has 1 rings (SSSR count). The van der Waals surface area contributed by atoms with Crippen LogP contribution >= 0.6 is 0 Å². The van der Waals surface area contributed by atoms with Crippen LogP contribution in [-0.2, 0) is 9.53 Å². The van der Waals surface area contributed by atoms with Gasteiger partial charge in [-0.05, 0) is 18.9 Å². The predicted octanol–water partition coefficient (Wildman–Crippen LogP) is 0.401. The second-order valence-corrected chi connectivity index (χ2v) is 3.66. The zero-order chi connectivity index (χ0) is 10.9. The molecule has 1 heterocycles. The Labute approximate surface area is 91.3 Å². The molecule has 1 amide bonds. The van der Waals surface area contributed by atoms with Gasteiger partial charge in [-0.3, -0.25) is 9.69 Å². The highest BCUT2D eigenvalue weighted by atomic mass is 16.5. The van der Waals surface area contributed by atoms with E-state index < -0.39 is 0 Å². The zero-order valence-electron chi connectivity index (χ0n) is 9.21. The summed E-state index contributed by atoms with van der Waals surface area (Å²) in [7, 11) is 0. The van der Waals surface area contributed by atoms with Crippen LogP contribution in [0.4, 0.5) is 0 Å². The van der Waals surface area contributed by atoms with Gasteiger partial charge in [0.25, 0.3) is 0 Å². The third-order valence-electron chi connectivity index (χ3n) is 2.29. The fraction of sp³-hybridized carbons (Fsp3) is 0.727. The van der Waals surface area contributed by atoms with Crippen LogP contribution in [0.1, 0.15) is 12.8 Å². The number of hydrogen-bond acceptors (Lipinski definition) is 3. The number of amides is 1. The van der Waals surface area contributed by atoms with Gasteiger partial charge >= 0.3 is 0 Å². The largest absolute Gasteiger partial charge is 0.380 e. The van der Waals surface area contributed by atoms with E-state index >= 15 is 0 Å². The lowest BCUT2D eigenvalue weighted by atomic mass is 10.3. The van der Waals surface area contributed by atoms with Gasteiger partial charge in [0.05, 0.1) is 6.61 Å². The number of nitrogens with one attached hydrogen (secondary N) is 1. The maximum atomic E-state index is 10.8. The first-order chi connectivity index (χ1) is 7.33. The molecule has 1 aliphatic heterocycles. The van der Waals surface area contributed by atoms with Crippen LogP contribution in [0.25, 0.3) is 0 Å². The Morgan fingerprint density at radius 1 is 1.40 bits per heavy atom. The molecule has 4 nitrogen and oxygen atoms in total. The van der Waals surface area contributed by atoms with Crippen molar-refractivity contribution in [2.75, 3.05) is 39.4 Å². The molecule has 0 aromatic carbocycles.